The molecule has 2 aliphatic heterocycles. The molecule has 0 saturated carbocycles. The van der Waals surface area contributed by atoms with E-state index in [1.807, 2.05) is 0 Å². The smallest absolute Gasteiger partial charge is 0.364 e. The lowest BCUT2D eigenvalue weighted by molar-refractivity contribution is -0.366. The first-order valence-electron chi connectivity index (χ1n) is 9.70. The number of carbonyl (C=O) groups is 2. The van der Waals surface area contributed by atoms with E-state index in [-0.39, 0.29) is 0 Å². The highest BCUT2D eigenvalue weighted by molar-refractivity contribution is 5.76. The van der Waals surface area contributed by atoms with Crippen LogP contribution >= 0.6 is 0 Å². The number of amides is 1. The number of ether oxygens (including phenoxy) is 3. The molecule has 0 aromatic carbocycles. The van der Waals surface area contributed by atoms with Gasteiger partial charge in [0, 0.05) is 13.3 Å². The Balaban J connectivity index is 2.42. The SMILES string of the molecule is CC(=O)N[C@H]1[C@H]([C@H](O)[C@@H](O)CO)O[C@](OC2[C@@H](O)[C@H](O)O[C@H](CO)[C@@H]2O)(C(=O)O)C[C@@H]1O. The zero-order valence-electron chi connectivity index (χ0n) is 17.0. The Bertz CT molecular complexity index is 665. The molecule has 11 atom stereocenters. The third kappa shape index (κ3) is 5.35. The molecule has 1 amide bonds. The number of rotatable bonds is 8. The molecule has 2 saturated heterocycles. The molecule has 32 heavy (non-hydrogen) atoms. The fraction of sp³-hybridized carbons (Fsp3) is 0.882. The van der Waals surface area contributed by atoms with E-state index in [4.69, 9.17) is 19.3 Å². The van der Waals surface area contributed by atoms with Crippen molar-refractivity contribution >= 4 is 11.9 Å². The van der Waals surface area contributed by atoms with Crippen molar-refractivity contribution in [1.29, 1.82) is 0 Å². The van der Waals surface area contributed by atoms with E-state index < -0.39 is 98.5 Å². The van der Waals surface area contributed by atoms with Crippen molar-refractivity contribution in [2.75, 3.05) is 13.2 Å². The summed E-state index contributed by atoms with van der Waals surface area (Å²) in [6.45, 7) is -0.741. The molecule has 1 unspecified atom stereocenters. The molecule has 2 rings (SSSR count). The summed E-state index contributed by atoms with van der Waals surface area (Å²) in [5.74, 6) is -5.44. The molecule has 186 valence electrons. The van der Waals surface area contributed by atoms with Crippen LogP contribution in [0.2, 0.25) is 0 Å². The Morgan fingerprint density at radius 3 is 2.28 bits per heavy atom. The van der Waals surface area contributed by atoms with Crippen molar-refractivity contribution in [3.8, 4) is 0 Å². The number of carboxylic acids is 1. The summed E-state index contributed by atoms with van der Waals surface area (Å²) in [6.07, 6.45) is -17.6. The third-order valence-corrected chi connectivity index (χ3v) is 5.35. The minimum atomic E-state index is -2.86. The van der Waals surface area contributed by atoms with Gasteiger partial charge in [0.1, 0.15) is 42.7 Å². The summed E-state index contributed by atoms with van der Waals surface area (Å²) in [5, 5.41) is 91.5. The van der Waals surface area contributed by atoms with E-state index in [9.17, 15) is 50.4 Å². The third-order valence-electron chi connectivity index (χ3n) is 5.35. The van der Waals surface area contributed by atoms with Crippen LogP contribution in [0.1, 0.15) is 13.3 Å². The van der Waals surface area contributed by atoms with Gasteiger partial charge in [-0.1, -0.05) is 0 Å². The number of hydrogen-bond acceptors (Lipinski definition) is 13. The van der Waals surface area contributed by atoms with Crippen LogP contribution in [0.5, 0.6) is 0 Å². The summed E-state index contributed by atoms with van der Waals surface area (Å²) >= 11 is 0. The van der Waals surface area contributed by atoms with Gasteiger partial charge in [-0.25, -0.2) is 4.79 Å². The highest BCUT2D eigenvalue weighted by Crippen LogP contribution is 2.37. The zero-order valence-corrected chi connectivity index (χ0v) is 17.0. The maximum Gasteiger partial charge on any atom is 0.364 e. The average molecular weight is 471 g/mol. The summed E-state index contributed by atoms with van der Waals surface area (Å²) in [6, 6.07) is -1.44. The molecule has 10 N–H and O–H groups in total. The summed E-state index contributed by atoms with van der Waals surface area (Å²) in [7, 11) is 0. The first kappa shape index (κ1) is 26.7. The second-order valence-electron chi connectivity index (χ2n) is 7.69. The van der Waals surface area contributed by atoms with Gasteiger partial charge in [-0.3, -0.25) is 4.79 Å². The number of carbonyl (C=O) groups excluding carboxylic acids is 1. The minimum absolute atomic E-state index is 0.693. The Morgan fingerprint density at radius 1 is 1.16 bits per heavy atom. The molecule has 15 nitrogen and oxygen atoms in total. The van der Waals surface area contributed by atoms with Crippen LogP contribution in [0.15, 0.2) is 0 Å². The van der Waals surface area contributed by atoms with Gasteiger partial charge in [0.2, 0.25) is 5.91 Å². The average Bonchev–Trinajstić information content (AvgIpc) is 2.73. The molecule has 15 heteroatoms. The Labute approximate surface area is 181 Å². The van der Waals surface area contributed by atoms with Gasteiger partial charge in [-0.05, 0) is 0 Å². The summed E-state index contributed by atoms with van der Waals surface area (Å²) < 4.78 is 15.5. The Kier molecular flexibility index (Phi) is 8.88. The fourth-order valence-corrected chi connectivity index (χ4v) is 3.67. The first-order valence-corrected chi connectivity index (χ1v) is 9.70. The topological polar surface area (TPSA) is 256 Å². The maximum atomic E-state index is 12.1. The van der Waals surface area contributed by atoms with E-state index in [0.29, 0.717) is 0 Å². The second-order valence-corrected chi connectivity index (χ2v) is 7.69. The number of aliphatic hydroxyl groups is 8. The molecule has 0 aliphatic carbocycles. The molecular weight excluding hydrogens is 442 g/mol. The van der Waals surface area contributed by atoms with Crippen molar-refractivity contribution in [2.24, 2.45) is 0 Å². The number of aliphatic hydroxyl groups excluding tert-OH is 8. The number of hydrogen-bond donors (Lipinski definition) is 10. The van der Waals surface area contributed by atoms with Gasteiger partial charge >= 0.3 is 5.97 Å². The van der Waals surface area contributed by atoms with E-state index in [1.54, 1.807) is 0 Å². The Morgan fingerprint density at radius 2 is 1.78 bits per heavy atom. The molecule has 0 radical (unpaired) electrons. The van der Waals surface area contributed by atoms with Gasteiger partial charge in [-0.2, -0.15) is 0 Å². The zero-order chi connectivity index (χ0) is 24.4. The van der Waals surface area contributed by atoms with E-state index in [0.717, 1.165) is 6.92 Å². The molecular formula is C17H29NO14. The molecule has 0 aromatic rings. The van der Waals surface area contributed by atoms with E-state index >= 15 is 0 Å². The lowest BCUT2D eigenvalue weighted by atomic mass is 9.88. The predicted molar refractivity (Wildman–Crippen MR) is 97.4 cm³/mol. The monoisotopic (exact) mass is 471 g/mol. The normalized spacial score (nSPS) is 42.2. The molecule has 2 fully saturated rings. The van der Waals surface area contributed by atoms with Crippen molar-refractivity contribution < 1.29 is 69.8 Å². The van der Waals surface area contributed by atoms with Gasteiger partial charge in [0.05, 0.1) is 25.4 Å². The van der Waals surface area contributed by atoms with Crippen molar-refractivity contribution in [3.63, 3.8) is 0 Å². The van der Waals surface area contributed by atoms with Crippen molar-refractivity contribution in [1.82, 2.24) is 5.32 Å². The molecule has 0 bridgehead atoms. The molecule has 2 heterocycles. The quantitative estimate of drug-likeness (QED) is 0.158. The van der Waals surface area contributed by atoms with Crippen LogP contribution in [0.25, 0.3) is 0 Å². The van der Waals surface area contributed by atoms with Crippen LogP contribution in [-0.4, -0.2) is 138 Å². The van der Waals surface area contributed by atoms with Crippen LogP contribution < -0.4 is 5.32 Å². The predicted octanol–water partition coefficient (Wildman–Crippen LogP) is -6.05. The van der Waals surface area contributed by atoms with Gasteiger partial charge < -0.3 is 65.5 Å². The lowest BCUT2D eigenvalue weighted by Crippen LogP contribution is -2.70. The summed E-state index contributed by atoms with van der Waals surface area (Å²) in [5.41, 5.74) is 0. The van der Waals surface area contributed by atoms with E-state index in [2.05, 4.69) is 5.32 Å². The molecule has 0 aromatic heterocycles. The first-order chi connectivity index (χ1) is 14.9. The molecule has 2 aliphatic rings. The number of aliphatic carboxylic acids is 1. The maximum absolute atomic E-state index is 12.1. The standard InChI is InChI=1S/C17H29NO14/c1-5(21)18-9-6(22)2-17(16(28)29,31-13(9)10(24)7(23)3-19)32-14-11(25)8(4-20)30-15(27)12(14)26/h6-15,19-20,22-27H,2-4H2,1H3,(H,18,21)(H,28,29)/t6-,7-,8+,9+,10+,11-,12+,13+,14?,15+,17+/m0/s1. The van der Waals surface area contributed by atoms with Gasteiger partial charge in [0.15, 0.2) is 6.29 Å². The highest BCUT2D eigenvalue weighted by Gasteiger charge is 2.59. The molecule has 0 spiro atoms. The van der Waals surface area contributed by atoms with Crippen LogP contribution in [0.4, 0.5) is 0 Å². The van der Waals surface area contributed by atoms with E-state index in [1.165, 1.54) is 0 Å². The van der Waals surface area contributed by atoms with Crippen molar-refractivity contribution in [3.05, 3.63) is 0 Å². The van der Waals surface area contributed by atoms with Crippen LogP contribution in [0.3, 0.4) is 0 Å². The van der Waals surface area contributed by atoms with Crippen LogP contribution in [-0.2, 0) is 23.8 Å². The number of carboxylic acid groups (broad SMARTS) is 1. The highest BCUT2D eigenvalue weighted by atomic mass is 16.7. The summed E-state index contributed by atoms with van der Waals surface area (Å²) in [4.78, 5) is 23.6. The van der Waals surface area contributed by atoms with Crippen LogP contribution in [0, 0.1) is 0 Å². The lowest BCUT2D eigenvalue weighted by Gasteiger charge is -2.49. The largest absolute Gasteiger partial charge is 0.477 e. The minimum Gasteiger partial charge on any atom is -0.477 e. The van der Waals surface area contributed by atoms with Crippen molar-refractivity contribution in [2.45, 2.75) is 80.3 Å². The number of nitrogens with one attached hydrogen (secondary N) is 1. The fourth-order valence-electron chi connectivity index (χ4n) is 3.67. The second kappa shape index (κ2) is 10.6. The Hall–Kier alpha value is -1.50. The van der Waals surface area contributed by atoms with Gasteiger partial charge in [0.25, 0.3) is 5.79 Å². The van der Waals surface area contributed by atoms with Gasteiger partial charge in [-0.15, -0.1) is 0 Å².